The Labute approximate surface area is 121 Å². The van der Waals surface area contributed by atoms with Gasteiger partial charge in [-0.2, -0.15) is 0 Å². The third kappa shape index (κ3) is 2.07. The highest BCUT2D eigenvalue weighted by molar-refractivity contribution is 6.33. The number of likely N-dealkylation sites (N-methyl/N-ethyl adjacent to an activating group) is 1. The van der Waals surface area contributed by atoms with Gasteiger partial charge in [0.05, 0.1) is 11.1 Å². The number of pyridine rings is 1. The molecule has 0 radical (unpaired) electrons. The van der Waals surface area contributed by atoms with Crippen molar-refractivity contribution in [2.75, 3.05) is 19.6 Å². The molecule has 3 heterocycles. The number of rotatable bonds is 3. The molecular formula is C14H16ClN3O2. The summed E-state index contributed by atoms with van der Waals surface area (Å²) in [6, 6.07) is 3.28. The molecule has 1 saturated heterocycles. The van der Waals surface area contributed by atoms with Gasteiger partial charge in [-0.3, -0.25) is 0 Å². The molecule has 1 aliphatic heterocycles. The molecule has 3 rings (SSSR count). The third-order valence-corrected chi connectivity index (χ3v) is 4.23. The minimum Gasteiger partial charge on any atom is -0.478 e. The van der Waals surface area contributed by atoms with Gasteiger partial charge in [0.15, 0.2) is 5.15 Å². The highest BCUT2D eigenvalue weighted by atomic mass is 35.5. The van der Waals surface area contributed by atoms with Crippen molar-refractivity contribution >= 4 is 23.1 Å². The molecule has 1 atom stereocenters. The molecule has 1 N–H and O–H groups in total. The van der Waals surface area contributed by atoms with Crippen LogP contribution in [-0.4, -0.2) is 45.0 Å². The van der Waals surface area contributed by atoms with Gasteiger partial charge in [0.25, 0.3) is 0 Å². The lowest BCUT2D eigenvalue weighted by molar-refractivity contribution is 0.0698. The Balaban J connectivity index is 2.10. The van der Waals surface area contributed by atoms with Crippen molar-refractivity contribution in [2.24, 2.45) is 0 Å². The van der Waals surface area contributed by atoms with E-state index in [0.717, 1.165) is 31.9 Å². The highest BCUT2D eigenvalue weighted by Crippen LogP contribution is 2.31. The lowest BCUT2D eigenvalue weighted by atomic mass is 10.1. The van der Waals surface area contributed by atoms with E-state index in [4.69, 9.17) is 11.6 Å². The Morgan fingerprint density at radius 2 is 2.40 bits per heavy atom. The zero-order valence-electron chi connectivity index (χ0n) is 11.2. The van der Waals surface area contributed by atoms with Crippen LogP contribution in [0.5, 0.6) is 0 Å². The van der Waals surface area contributed by atoms with E-state index in [9.17, 15) is 9.90 Å². The third-order valence-electron chi connectivity index (χ3n) is 3.96. The lowest BCUT2D eigenvalue weighted by Gasteiger charge is -2.12. The first kappa shape index (κ1) is 13.4. The largest absolute Gasteiger partial charge is 0.478 e. The second kappa shape index (κ2) is 5.07. The first-order chi connectivity index (χ1) is 9.61. The van der Waals surface area contributed by atoms with Crippen molar-refractivity contribution in [3.8, 4) is 0 Å². The summed E-state index contributed by atoms with van der Waals surface area (Å²) in [5.41, 5.74) is 0.688. The molecule has 0 spiro atoms. The van der Waals surface area contributed by atoms with Crippen LogP contribution in [0.1, 0.15) is 35.4 Å². The number of imidazole rings is 1. The van der Waals surface area contributed by atoms with Gasteiger partial charge < -0.3 is 14.4 Å². The fourth-order valence-electron chi connectivity index (χ4n) is 2.91. The predicted octanol–water partition coefficient (Wildman–Crippen LogP) is 2.50. The van der Waals surface area contributed by atoms with Gasteiger partial charge in [-0.05, 0) is 31.6 Å². The van der Waals surface area contributed by atoms with Crippen LogP contribution in [-0.2, 0) is 0 Å². The number of carboxylic acids is 1. The summed E-state index contributed by atoms with van der Waals surface area (Å²) in [4.78, 5) is 18.1. The van der Waals surface area contributed by atoms with E-state index in [-0.39, 0.29) is 10.7 Å². The number of fused-ring (bicyclic) bond motifs is 1. The molecule has 0 amide bonds. The van der Waals surface area contributed by atoms with Crippen molar-refractivity contribution in [1.82, 2.24) is 14.3 Å². The summed E-state index contributed by atoms with van der Waals surface area (Å²) in [6.07, 6.45) is 2.87. The van der Waals surface area contributed by atoms with Crippen molar-refractivity contribution in [2.45, 2.75) is 19.3 Å². The maximum atomic E-state index is 11.3. The number of nitrogens with zero attached hydrogens (tertiary/aromatic N) is 3. The number of aromatic nitrogens is 2. The van der Waals surface area contributed by atoms with Crippen LogP contribution in [0.3, 0.4) is 0 Å². The topological polar surface area (TPSA) is 57.8 Å². The quantitative estimate of drug-likeness (QED) is 0.944. The zero-order valence-corrected chi connectivity index (χ0v) is 12.0. The van der Waals surface area contributed by atoms with Gasteiger partial charge in [-0.25, -0.2) is 9.78 Å². The summed E-state index contributed by atoms with van der Waals surface area (Å²) in [5.74, 6) is 0.189. The minimum atomic E-state index is -0.981. The van der Waals surface area contributed by atoms with E-state index < -0.39 is 5.97 Å². The van der Waals surface area contributed by atoms with Crippen LogP contribution in [0.2, 0.25) is 5.15 Å². The molecule has 0 aromatic carbocycles. The molecule has 2 aromatic heterocycles. The molecule has 1 unspecified atom stereocenters. The highest BCUT2D eigenvalue weighted by Gasteiger charge is 2.28. The second-order valence-electron chi connectivity index (χ2n) is 5.09. The normalized spacial score (nSPS) is 19.8. The molecule has 0 bridgehead atoms. The fraction of sp³-hybridized carbons (Fsp3) is 0.429. The summed E-state index contributed by atoms with van der Waals surface area (Å²) >= 11 is 6.17. The van der Waals surface area contributed by atoms with E-state index in [1.807, 2.05) is 10.6 Å². The van der Waals surface area contributed by atoms with Gasteiger partial charge in [-0.15, -0.1) is 0 Å². The van der Waals surface area contributed by atoms with Crippen LogP contribution >= 0.6 is 11.6 Å². The maximum Gasteiger partial charge on any atom is 0.337 e. The standard InChI is InChI=1S/C14H16ClN3O2/c1-2-17-7-5-9(8-17)13-16-12(15)11-10(14(19)20)4-3-6-18(11)13/h3-4,6,9H,2,5,7-8H2,1H3,(H,19,20). The molecule has 5 nitrogen and oxygen atoms in total. The van der Waals surface area contributed by atoms with Crippen molar-refractivity contribution in [1.29, 1.82) is 0 Å². The van der Waals surface area contributed by atoms with Crippen LogP contribution in [0, 0.1) is 0 Å². The molecule has 1 fully saturated rings. The first-order valence-electron chi connectivity index (χ1n) is 6.74. The molecular weight excluding hydrogens is 278 g/mol. The molecule has 0 saturated carbocycles. The smallest absolute Gasteiger partial charge is 0.337 e. The molecule has 20 heavy (non-hydrogen) atoms. The number of hydrogen-bond acceptors (Lipinski definition) is 3. The number of hydrogen-bond donors (Lipinski definition) is 1. The number of carboxylic acid groups (broad SMARTS) is 1. The Hall–Kier alpha value is -1.59. The van der Waals surface area contributed by atoms with Crippen molar-refractivity contribution in [3.63, 3.8) is 0 Å². The van der Waals surface area contributed by atoms with E-state index in [2.05, 4.69) is 16.8 Å². The van der Waals surface area contributed by atoms with Crippen LogP contribution in [0.25, 0.3) is 5.52 Å². The maximum absolute atomic E-state index is 11.3. The van der Waals surface area contributed by atoms with Gasteiger partial charge >= 0.3 is 5.97 Å². The van der Waals surface area contributed by atoms with Crippen LogP contribution < -0.4 is 0 Å². The summed E-state index contributed by atoms with van der Waals surface area (Å²) < 4.78 is 1.83. The van der Waals surface area contributed by atoms with Crippen molar-refractivity contribution in [3.05, 3.63) is 34.9 Å². The SMILES string of the molecule is CCN1CCC(c2nc(Cl)c3c(C(=O)O)cccn23)C1. The van der Waals surface area contributed by atoms with E-state index in [1.54, 1.807) is 12.1 Å². The van der Waals surface area contributed by atoms with E-state index >= 15 is 0 Å². The molecule has 6 heteroatoms. The second-order valence-corrected chi connectivity index (χ2v) is 5.44. The Bertz CT molecular complexity index is 668. The predicted molar refractivity (Wildman–Crippen MR) is 76.6 cm³/mol. The molecule has 2 aromatic rings. The van der Waals surface area contributed by atoms with Gasteiger partial charge in [0.2, 0.25) is 0 Å². The Kier molecular flexibility index (Phi) is 3.40. The Morgan fingerprint density at radius 1 is 1.60 bits per heavy atom. The summed E-state index contributed by atoms with van der Waals surface area (Å²) in [6.45, 7) is 5.16. The zero-order chi connectivity index (χ0) is 14.3. The Morgan fingerprint density at radius 3 is 3.05 bits per heavy atom. The van der Waals surface area contributed by atoms with E-state index in [0.29, 0.717) is 11.4 Å². The number of carbonyl (C=O) groups is 1. The summed E-state index contributed by atoms with van der Waals surface area (Å²) in [5, 5.41) is 9.53. The number of halogens is 1. The van der Waals surface area contributed by atoms with E-state index in [1.165, 1.54) is 0 Å². The minimum absolute atomic E-state index is 0.196. The average molecular weight is 294 g/mol. The van der Waals surface area contributed by atoms with Gasteiger partial charge in [0, 0.05) is 18.7 Å². The fourth-order valence-corrected chi connectivity index (χ4v) is 3.19. The number of likely N-dealkylation sites (tertiary alicyclic amines) is 1. The molecule has 1 aliphatic rings. The van der Waals surface area contributed by atoms with Gasteiger partial charge in [0.1, 0.15) is 5.82 Å². The molecule has 0 aliphatic carbocycles. The summed E-state index contributed by atoms with van der Waals surface area (Å²) in [7, 11) is 0. The first-order valence-corrected chi connectivity index (χ1v) is 7.11. The van der Waals surface area contributed by atoms with Crippen LogP contribution in [0.4, 0.5) is 0 Å². The average Bonchev–Trinajstić information content (AvgIpc) is 3.03. The van der Waals surface area contributed by atoms with Gasteiger partial charge in [-0.1, -0.05) is 18.5 Å². The van der Waals surface area contributed by atoms with Crippen LogP contribution in [0.15, 0.2) is 18.3 Å². The monoisotopic (exact) mass is 293 g/mol. The van der Waals surface area contributed by atoms with Crippen molar-refractivity contribution < 1.29 is 9.90 Å². The molecule has 106 valence electrons. The lowest BCUT2D eigenvalue weighted by Crippen LogP contribution is -2.19. The number of aromatic carboxylic acids is 1.